The van der Waals surface area contributed by atoms with Crippen molar-refractivity contribution < 1.29 is 14.3 Å². The SMILES string of the molecule is O=C(Nc1ccc(Cl)cc1I)c1ccc2c(c1)OCO2. The summed E-state index contributed by atoms with van der Waals surface area (Å²) >= 11 is 8.01. The van der Waals surface area contributed by atoms with Crippen molar-refractivity contribution in [2.75, 3.05) is 12.1 Å². The Morgan fingerprint density at radius 1 is 1.15 bits per heavy atom. The topological polar surface area (TPSA) is 47.6 Å². The zero-order chi connectivity index (χ0) is 14.1. The molecule has 20 heavy (non-hydrogen) atoms. The minimum Gasteiger partial charge on any atom is -0.454 e. The summed E-state index contributed by atoms with van der Waals surface area (Å²) in [4.78, 5) is 12.2. The number of benzene rings is 2. The van der Waals surface area contributed by atoms with Gasteiger partial charge in [-0.1, -0.05) is 11.6 Å². The summed E-state index contributed by atoms with van der Waals surface area (Å²) in [5, 5.41) is 3.48. The maximum atomic E-state index is 12.2. The van der Waals surface area contributed by atoms with E-state index in [4.69, 9.17) is 21.1 Å². The van der Waals surface area contributed by atoms with Gasteiger partial charge >= 0.3 is 0 Å². The van der Waals surface area contributed by atoms with E-state index in [1.54, 1.807) is 36.4 Å². The first-order chi connectivity index (χ1) is 9.63. The Morgan fingerprint density at radius 3 is 2.75 bits per heavy atom. The van der Waals surface area contributed by atoms with Crippen LogP contribution in [0, 0.1) is 3.57 Å². The Kier molecular flexibility index (Phi) is 3.71. The molecule has 0 saturated heterocycles. The summed E-state index contributed by atoms with van der Waals surface area (Å²) in [5.74, 6) is 1.04. The van der Waals surface area contributed by atoms with Crippen LogP contribution in [0.1, 0.15) is 10.4 Å². The van der Waals surface area contributed by atoms with E-state index in [9.17, 15) is 4.79 Å². The highest BCUT2D eigenvalue weighted by atomic mass is 127. The van der Waals surface area contributed by atoms with Gasteiger partial charge in [0.15, 0.2) is 11.5 Å². The van der Waals surface area contributed by atoms with E-state index in [-0.39, 0.29) is 12.7 Å². The smallest absolute Gasteiger partial charge is 0.255 e. The predicted molar refractivity (Wildman–Crippen MR) is 84.7 cm³/mol. The molecule has 0 spiro atoms. The molecular formula is C14H9ClINO3. The summed E-state index contributed by atoms with van der Waals surface area (Å²) in [6, 6.07) is 10.4. The lowest BCUT2D eigenvalue weighted by atomic mass is 10.2. The van der Waals surface area contributed by atoms with E-state index >= 15 is 0 Å². The normalized spacial score (nSPS) is 12.3. The van der Waals surface area contributed by atoms with E-state index in [1.807, 2.05) is 0 Å². The van der Waals surface area contributed by atoms with Gasteiger partial charge in [-0.15, -0.1) is 0 Å². The van der Waals surface area contributed by atoms with Crippen LogP contribution in [0.15, 0.2) is 36.4 Å². The molecule has 0 atom stereocenters. The summed E-state index contributed by atoms with van der Waals surface area (Å²) in [7, 11) is 0. The quantitative estimate of drug-likeness (QED) is 0.776. The minimum absolute atomic E-state index is 0.190. The third-order valence-corrected chi connectivity index (χ3v) is 3.94. The standard InChI is InChI=1S/C14H9ClINO3/c15-9-2-3-11(10(16)6-9)17-14(18)8-1-4-12-13(5-8)20-7-19-12/h1-6H,7H2,(H,17,18). The number of carbonyl (C=O) groups excluding carboxylic acids is 1. The van der Waals surface area contributed by atoms with Crippen molar-refractivity contribution in [2.24, 2.45) is 0 Å². The molecule has 6 heteroatoms. The number of rotatable bonds is 2. The molecule has 3 rings (SSSR count). The van der Waals surface area contributed by atoms with Crippen molar-refractivity contribution in [3.8, 4) is 11.5 Å². The average molecular weight is 402 g/mol. The van der Waals surface area contributed by atoms with Gasteiger partial charge in [-0.05, 0) is 59.0 Å². The largest absolute Gasteiger partial charge is 0.454 e. The Labute approximate surface area is 134 Å². The highest BCUT2D eigenvalue weighted by Crippen LogP contribution is 2.32. The lowest BCUT2D eigenvalue weighted by molar-refractivity contribution is 0.102. The van der Waals surface area contributed by atoms with E-state index in [0.717, 1.165) is 9.26 Å². The first-order valence-corrected chi connectivity index (χ1v) is 7.25. The Morgan fingerprint density at radius 2 is 1.95 bits per heavy atom. The van der Waals surface area contributed by atoms with Crippen molar-refractivity contribution in [1.82, 2.24) is 0 Å². The van der Waals surface area contributed by atoms with Gasteiger partial charge in [0.1, 0.15) is 0 Å². The van der Waals surface area contributed by atoms with Gasteiger partial charge in [0, 0.05) is 14.2 Å². The molecule has 4 nitrogen and oxygen atoms in total. The molecule has 1 heterocycles. The van der Waals surface area contributed by atoms with Crippen LogP contribution >= 0.6 is 34.2 Å². The second kappa shape index (κ2) is 5.49. The van der Waals surface area contributed by atoms with Crippen LogP contribution in [0.5, 0.6) is 11.5 Å². The van der Waals surface area contributed by atoms with Gasteiger partial charge in [0.2, 0.25) is 6.79 Å². The number of ether oxygens (including phenoxy) is 2. The number of halogens is 2. The number of fused-ring (bicyclic) bond motifs is 1. The van der Waals surface area contributed by atoms with Gasteiger partial charge in [0.05, 0.1) is 5.69 Å². The van der Waals surface area contributed by atoms with Gasteiger partial charge < -0.3 is 14.8 Å². The monoisotopic (exact) mass is 401 g/mol. The van der Waals surface area contributed by atoms with Crippen molar-refractivity contribution in [3.05, 3.63) is 50.6 Å². The maximum Gasteiger partial charge on any atom is 0.255 e. The Bertz CT molecular complexity index is 690. The fraction of sp³-hybridized carbons (Fsp3) is 0.0714. The predicted octanol–water partition coefficient (Wildman–Crippen LogP) is 3.93. The number of carbonyl (C=O) groups is 1. The number of anilines is 1. The molecule has 0 radical (unpaired) electrons. The zero-order valence-corrected chi connectivity index (χ0v) is 13.1. The van der Waals surface area contributed by atoms with E-state index in [0.29, 0.717) is 22.1 Å². The van der Waals surface area contributed by atoms with Crippen LogP contribution < -0.4 is 14.8 Å². The van der Waals surface area contributed by atoms with Crippen LogP contribution in [0.2, 0.25) is 5.02 Å². The van der Waals surface area contributed by atoms with E-state index < -0.39 is 0 Å². The lowest BCUT2D eigenvalue weighted by Gasteiger charge is -2.08. The first-order valence-electron chi connectivity index (χ1n) is 5.79. The molecule has 0 fully saturated rings. The molecule has 0 aromatic heterocycles. The Hall–Kier alpha value is -1.47. The third kappa shape index (κ3) is 2.69. The molecule has 2 aromatic rings. The molecule has 1 N–H and O–H groups in total. The number of hydrogen-bond donors (Lipinski definition) is 1. The zero-order valence-electron chi connectivity index (χ0n) is 10.2. The van der Waals surface area contributed by atoms with Crippen LogP contribution in [-0.4, -0.2) is 12.7 Å². The molecule has 102 valence electrons. The number of amides is 1. The van der Waals surface area contributed by atoms with Crippen LogP contribution in [0.3, 0.4) is 0 Å². The highest BCUT2D eigenvalue weighted by molar-refractivity contribution is 14.1. The molecule has 0 bridgehead atoms. The molecule has 2 aromatic carbocycles. The molecule has 0 saturated carbocycles. The highest BCUT2D eigenvalue weighted by Gasteiger charge is 2.16. The Balaban J connectivity index is 1.82. The molecule has 1 aliphatic rings. The fourth-order valence-corrected chi connectivity index (χ4v) is 2.83. The maximum absolute atomic E-state index is 12.2. The third-order valence-electron chi connectivity index (χ3n) is 2.81. The van der Waals surface area contributed by atoms with Gasteiger partial charge in [-0.25, -0.2) is 0 Å². The van der Waals surface area contributed by atoms with Crippen LogP contribution in [0.4, 0.5) is 5.69 Å². The van der Waals surface area contributed by atoms with E-state index in [1.165, 1.54) is 0 Å². The molecule has 0 unspecified atom stereocenters. The number of nitrogens with one attached hydrogen (secondary N) is 1. The van der Waals surface area contributed by atoms with Crippen LogP contribution in [0.25, 0.3) is 0 Å². The summed E-state index contributed by atoms with van der Waals surface area (Å²) < 4.78 is 11.4. The second-order valence-electron chi connectivity index (χ2n) is 4.15. The summed E-state index contributed by atoms with van der Waals surface area (Å²) in [5.41, 5.74) is 1.23. The van der Waals surface area contributed by atoms with Crippen molar-refractivity contribution in [1.29, 1.82) is 0 Å². The van der Waals surface area contributed by atoms with Crippen LogP contribution in [-0.2, 0) is 0 Å². The lowest BCUT2D eigenvalue weighted by Crippen LogP contribution is -2.12. The van der Waals surface area contributed by atoms with Gasteiger partial charge in [-0.3, -0.25) is 4.79 Å². The van der Waals surface area contributed by atoms with E-state index in [2.05, 4.69) is 27.9 Å². The van der Waals surface area contributed by atoms with Gasteiger partial charge in [0.25, 0.3) is 5.91 Å². The van der Waals surface area contributed by atoms with Crippen molar-refractivity contribution >= 4 is 45.8 Å². The average Bonchev–Trinajstić information content (AvgIpc) is 2.89. The summed E-state index contributed by atoms with van der Waals surface area (Å²) in [6.07, 6.45) is 0. The molecule has 1 aliphatic heterocycles. The second-order valence-corrected chi connectivity index (χ2v) is 5.74. The number of hydrogen-bond acceptors (Lipinski definition) is 3. The van der Waals surface area contributed by atoms with Crippen molar-refractivity contribution in [2.45, 2.75) is 0 Å². The fourth-order valence-electron chi connectivity index (χ4n) is 1.82. The van der Waals surface area contributed by atoms with Gasteiger partial charge in [-0.2, -0.15) is 0 Å². The molecule has 0 aliphatic carbocycles. The first kappa shape index (κ1) is 13.5. The summed E-state index contributed by atoms with van der Waals surface area (Å²) in [6.45, 7) is 0.190. The van der Waals surface area contributed by atoms with Crippen molar-refractivity contribution in [3.63, 3.8) is 0 Å². The molecule has 1 amide bonds. The minimum atomic E-state index is -0.205. The molecular weight excluding hydrogens is 393 g/mol.